The second-order valence-electron chi connectivity index (χ2n) is 5.30. The summed E-state index contributed by atoms with van der Waals surface area (Å²) in [6, 6.07) is 8.39. The fraction of sp³-hybridized carbons (Fsp3) is 0.294. The van der Waals surface area contributed by atoms with E-state index in [0.717, 1.165) is 5.56 Å². The van der Waals surface area contributed by atoms with Crippen molar-refractivity contribution in [2.75, 3.05) is 12.8 Å². The molecule has 0 fully saturated rings. The third-order valence-electron chi connectivity index (χ3n) is 3.38. The first-order valence-corrected chi connectivity index (χ1v) is 6.83. The van der Waals surface area contributed by atoms with Gasteiger partial charge in [0, 0.05) is 12.1 Å². The molecule has 4 heteroatoms. The van der Waals surface area contributed by atoms with Gasteiger partial charge in [0.2, 0.25) is 0 Å². The first kappa shape index (κ1) is 15.2. The van der Waals surface area contributed by atoms with E-state index >= 15 is 0 Å². The molecule has 2 N–H and O–H groups in total. The topological polar surface area (TPSA) is 44.5 Å². The van der Waals surface area contributed by atoms with E-state index in [1.54, 1.807) is 0 Å². The van der Waals surface area contributed by atoms with Crippen molar-refractivity contribution in [3.63, 3.8) is 0 Å². The third kappa shape index (κ3) is 3.27. The van der Waals surface area contributed by atoms with E-state index in [1.807, 2.05) is 25.1 Å². The van der Waals surface area contributed by atoms with Gasteiger partial charge < -0.3 is 15.2 Å². The van der Waals surface area contributed by atoms with Gasteiger partial charge in [0.25, 0.3) is 0 Å². The third-order valence-corrected chi connectivity index (χ3v) is 3.38. The summed E-state index contributed by atoms with van der Waals surface area (Å²) >= 11 is 0. The Morgan fingerprint density at radius 3 is 2.38 bits per heavy atom. The van der Waals surface area contributed by atoms with E-state index < -0.39 is 5.82 Å². The standard InChI is InChI=1S/C17H20FNO2/c1-10(2)13-6-5-12(7-11(13)3)21-16-9-17(20-4)15(19)8-14(16)18/h5-10H,19H2,1-4H3. The van der Waals surface area contributed by atoms with Crippen LogP contribution in [0.2, 0.25) is 0 Å². The van der Waals surface area contributed by atoms with Crippen molar-refractivity contribution in [3.8, 4) is 17.2 Å². The van der Waals surface area contributed by atoms with Crippen LogP contribution in [-0.4, -0.2) is 7.11 Å². The molecule has 0 aliphatic carbocycles. The average Bonchev–Trinajstić information content (AvgIpc) is 2.41. The molecule has 112 valence electrons. The summed E-state index contributed by atoms with van der Waals surface area (Å²) in [5.74, 6) is 0.994. The maximum Gasteiger partial charge on any atom is 0.168 e. The van der Waals surface area contributed by atoms with Crippen LogP contribution in [0.1, 0.15) is 30.9 Å². The molecular weight excluding hydrogens is 269 g/mol. The zero-order valence-corrected chi connectivity index (χ0v) is 12.7. The molecule has 0 aromatic heterocycles. The normalized spacial score (nSPS) is 10.8. The molecule has 2 aromatic rings. The van der Waals surface area contributed by atoms with Gasteiger partial charge in [-0.15, -0.1) is 0 Å². The zero-order chi connectivity index (χ0) is 15.6. The summed E-state index contributed by atoms with van der Waals surface area (Å²) in [4.78, 5) is 0. The maximum atomic E-state index is 13.9. The molecule has 0 aliphatic rings. The molecule has 0 saturated heterocycles. The summed E-state index contributed by atoms with van der Waals surface area (Å²) in [7, 11) is 1.48. The molecule has 0 radical (unpaired) electrons. The van der Waals surface area contributed by atoms with E-state index in [1.165, 1.54) is 24.8 Å². The van der Waals surface area contributed by atoms with E-state index in [2.05, 4.69) is 13.8 Å². The van der Waals surface area contributed by atoms with Crippen molar-refractivity contribution in [2.24, 2.45) is 0 Å². The van der Waals surface area contributed by atoms with Gasteiger partial charge in [0.15, 0.2) is 11.6 Å². The minimum absolute atomic E-state index is 0.0951. The van der Waals surface area contributed by atoms with Gasteiger partial charge in [-0.25, -0.2) is 4.39 Å². The van der Waals surface area contributed by atoms with E-state index in [0.29, 0.717) is 17.4 Å². The molecule has 2 aromatic carbocycles. The SMILES string of the molecule is COc1cc(Oc2ccc(C(C)C)c(C)c2)c(F)cc1N. The molecular formula is C17H20FNO2. The highest BCUT2D eigenvalue weighted by Gasteiger charge is 2.12. The van der Waals surface area contributed by atoms with Crippen LogP contribution >= 0.6 is 0 Å². The second-order valence-corrected chi connectivity index (χ2v) is 5.30. The number of nitrogen functional groups attached to an aromatic ring is 1. The number of hydrogen-bond donors (Lipinski definition) is 1. The molecule has 0 amide bonds. The molecule has 3 nitrogen and oxygen atoms in total. The Morgan fingerprint density at radius 2 is 1.81 bits per heavy atom. The predicted molar refractivity (Wildman–Crippen MR) is 82.7 cm³/mol. The van der Waals surface area contributed by atoms with Gasteiger partial charge in [-0.05, 0) is 36.1 Å². The van der Waals surface area contributed by atoms with Crippen LogP contribution in [0, 0.1) is 12.7 Å². The largest absolute Gasteiger partial charge is 0.494 e. The molecule has 21 heavy (non-hydrogen) atoms. The highest BCUT2D eigenvalue weighted by Crippen LogP contribution is 2.33. The number of aryl methyl sites for hydroxylation is 1. The molecule has 2 rings (SSSR count). The van der Waals surface area contributed by atoms with Crippen molar-refractivity contribution < 1.29 is 13.9 Å². The molecule has 0 spiro atoms. The summed E-state index contributed by atoms with van der Waals surface area (Å²) in [6.07, 6.45) is 0. The molecule has 0 saturated carbocycles. The monoisotopic (exact) mass is 289 g/mol. The number of hydrogen-bond acceptors (Lipinski definition) is 3. The van der Waals surface area contributed by atoms with Crippen LogP contribution in [-0.2, 0) is 0 Å². The van der Waals surface area contributed by atoms with Gasteiger partial charge in [0.1, 0.15) is 11.5 Å². The van der Waals surface area contributed by atoms with Crippen molar-refractivity contribution in [1.82, 2.24) is 0 Å². The van der Waals surface area contributed by atoms with Crippen LogP contribution < -0.4 is 15.2 Å². The van der Waals surface area contributed by atoms with Crippen molar-refractivity contribution in [1.29, 1.82) is 0 Å². The Kier molecular flexibility index (Phi) is 4.36. The van der Waals surface area contributed by atoms with E-state index in [9.17, 15) is 4.39 Å². The van der Waals surface area contributed by atoms with Crippen molar-refractivity contribution >= 4 is 5.69 Å². The van der Waals surface area contributed by atoms with Gasteiger partial charge in [-0.1, -0.05) is 19.9 Å². The number of benzene rings is 2. The molecule has 0 unspecified atom stereocenters. The zero-order valence-electron chi connectivity index (χ0n) is 12.7. The summed E-state index contributed by atoms with van der Waals surface area (Å²) in [5, 5.41) is 0. The number of anilines is 1. The molecule has 0 atom stereocenters. The van der Waals surface area contributed by atoms with Crippen molar-refractivity contribution in [2.45, 2.75) is 26.7 Å². The Labute approximate surface area is 124 Å². The Balaban J connectivity index is 2.32. The number of rotatable bonds is 4. The first-order valence-electron chi connectivity index (χ1n) is 6.83. The lowest BCUT2D eigenvalue weighted by Gasteiger charge is -2.13. The summed E-state index contributed by atoms with van der Waals surface area (Å²) in [5.41, 5.74) is 8.26. The van der Waals surface area contributed by atoms with Gasteiger partial charge in [-0.2, -0.15) is 0 Å². The number of methoxy groups -OCH3 is 1. The molecule has 0 bridgehead atoms. The smallest absolute Gasteiger partial charge is 0.168 e. The van der Waals surface area contributed by atoms with Gasteiger partial charge >= 0.3 is 0 Å². The van der Waals surface area contributed by atoms with Crippen LogP contribution in [0.5, 0.6) is 17.2 Å². The fourth-order valence-corrected chi connectivity index (χ4v) is 2.29. The number of halogens is 1. The van der Waals surface area contributed by atoms with Crippen LogP contribution in [0.25, 0.3) is 0 Å². The summed E-state index contributed by atoms with van der Waals surface area (Å²) in [6.45, 7) is 6.28. The van der Waals surface area contributed by atoms with Crippen molar-refractivity contribution in [3.05, 3.63) is 47.3 Å². The maximum absolute atomic E-state index is 13.9. The van der Waals surface area contributed by atoms with Crippen LogP contribution in [0.3, 0.4) is 0 Å². The predicted octanol–water partition coefficient (Wildman–Crippen LogP) is 4.64. The van der Waals surface area contributed by atoms with E-state index in [-0.39, 0.29) is 11.4 Å². The summed E-state index contributed by atoms with van der Waals surface area (Å²) < 4.78 is 24.6. The number of ether oxygens (including phenoxy) is 2. The quantitative estimate of drug-likeness (QED) is 0.834. The highest BCUT2D eigenvalue weighted by atomic mass is 19.1. The average molecular weight is 289 g/mol. The Bertz CT molecular complexity index is 653. The Hall–Kier alpha value is -2.23. The second kappa shape index (κ2) is 6.04. The molecule has 0 heterocycles. The minimum Gasteiger partial charge on any atom is -0.494 e. The minimum atomic E-state index is -0.515. The van der Waals surface area contributed by atoms with Gasteiger partial charge in [-0.3, -0.25) is 0 Å². The lowest BCUT2D eigenvalue weighted by Crippen LogP contribution is -1.97. The lowest BCUT2D eigenvalue weighted by atomic mass is 9.98. The number of nitrogens with two attached hydrogens (primary N) is 1. The first-order chi connectivity index (χ1) is 9.92. The lowest BCUT2D eigenvalue weighted by molar-refractivity contribution is 0.403. The van der Waals surface area contributed by atoms with Crippen LogP contribution in [0.15, 0.2) is 30.3 Å². The Morgan fingerprint density at radius 1 is 1.10 bits per heavy atom. The molecule has 0 aliphatic heterocycles. The van der Waals surface area contributed by atoms with Gasteiger partial charge in [0.05, 0.1) is 12.8 Å². The van der Waals surface area contributed by atoms with E-state index in [4.69, 9.17) is 15.2 Å². The highest BCUT2D eigenvalue weighted by molar-refractivity contribution is 5.57. The fourth-order valence-electron chi connectivity index (χ4n) is 2.29. The van der Waals surface area contributed by atoms with Crippen LogP contribution in [0.4, 0.5) is 10.1 Å².